The van der Waals surface area contributed by atoms with Crippen LogP contribution in [0.25, 0.3) is 0 Å². The Morgan fingerprint density at radius 2 is 2.21 bits per heavy atom. The fourth-order valence-electron chi connectivity index (χ4n) is 2.79. The molecule has 5 heteroatoms. The number of esters is 1. The third kappa shape index (κ3) is 3.46. The highest BCUT2D eigenvalue weighted by Crippen LogP contribution is 2.40. The van der Waals surface area contributed by atoms with Crippen molar-refractivity contribution < 1.29 is 19.0 Å². The number of ether oxygens (including phenoxy) is 3. The van der Waals surface area contributed by atoms with Crippen molar-refractivity contribution in [1.29, 1.82) is 0 Å². The summed E-state index contributed by atoms with van der Waals surface area (Å²) in [5, 5.41) is 3.30. The van der Waals surface area contributed by atoms with E-state index in [2.05, 4.69) is 5.32 Å². The maximum atomic E-state index is 12.1. The molecule has 0 aromatic heterocycles. The molecule has 0 aromatic rings. The topological polar surface area (TPSA) is 56.8 Å². The SMILES string of the molecule is CCNC(COCC1CCOC1)(C(=O)OC)C1CC1. The summed E-state index contributed by atoms with van der Waals surface area (Å²) < 4.78 is 16.1. The van der Waals surface area contributed by atoms with Crippen molar-refractivity contribution in [2.75, 3.05) is 40.1 Å². The molecule has 0 radical (unpaired) electrons. The van der Waals surface area contributed by atoms with E-state index in [9.17, 15) is 4.79 Å². The average molecular weight is 271 g/mol. The summed E-state index contributed by atoms with van der Waals surface area (Å²) in [6.07, 6.45) is 3.19. The van der Waals surface area contributed by atoms with Gasteiger partial charge in [0.15, 0.2) is 0 Å². The van der Waals surface area contributed by atoms with E-state index in [1.54, 1.807) is 0 Å². The van der Waals surface area contributed by atoms with Crippen molar-refractivity contribution in [3.8, 4) is 0 Å². The van der Waals surface area contributed by atoms with Crippen LogP contribution < -0.4 is 5.32 Å². The second-order valence-corrected chi connectivity index (χ2v) is 5.51. The maximum absolute atomic E-state index is 12.1. The van der Waals surface area contributed by atoms with Gasteiger partial charge in [-0.1, -0.05) is 6.92 Å². The first-order chi connectivity index (χ1) is 9.23. The third-order valence-corrected chi connectivity index (χ3v) is 4.02. The lowest BCUT2D eigenvalue weighted by atomic mass is 9.94. The van der Waals surface area contributed by atoms with Crippen LogP contribution in [0.4, 0.5) is 0 Å². The van der Waals surface area contributed by atoms with Gasteiger partial charge >= 0.3 is 5.97 Å². The second-order valence-electron chi connectivity index (χ2n) is 5.51. The molecule has 2 fully saturated rings. The minimum atomic E-state index is -0.650. The monoisotopic (exact) mass is 271 g/mol. The molecule has 0 bridgehead atoms. The summed E-state index contributed by atoms with van der Waals surface area (Å²) in [6.45, 7) is 5.40. The largest absolute Gasteiger partial charge is 0.468 e. The lowest BCUT2D eigenvalue weighted by molar-refractivity contribution is -0.153. The molecule has 5 nitrogen and oxygen atoms in total. The molecule has 1 aliphatic carbocycles. The second kappa shape index (κ2) is 6.68. The molecule has 0 aromatic carbocycles. The van der Waals surface area contributed by atoms with Crippen molar-refractivity contribution in [1.82, 2.24) is 5.32 Å². The molecule has 1 saturated heterocycles. The summed E-state index contributed by atoms with van der Waals surface area (Å²) in [5.41, 5.74) is -0.650. The number of hydrogen-bond acceptors (Lipinski definition) is 5. The molecule has 2 unspecified atom stereocenters. The highest BCUT2D eigenvalue weighted by atomic mass is 16.5. The normalized spacial score (nSPS) is 26.1. The highest BCUT2D eigenvalue weighted by molar-refractivity contribution is 5.82. The Hall–Kier alpha value is -0.650. The van der Waals surface area contributed by atoms with E-state index >= 15 is 0 Å². The molecular weight excluding hydrogens is 246 g/mol. The van der Waals surface area contributed by atoms with Crippen LogP contribution in [0.1, 0.15) is 26.2 Å². The van der Waals surface area contributed by atoms with Gasteiger partial charge in [0.05, 0.1) is 26.9 Å². The Morgan fingerprint density at radius 3 is 2.74 bits per heavy atom. The zero-order chi connectivity index (χ0) is 13.7. The van der Waals surface area contributed by atoms with Gasteiger partial charge in [-0.3, -0.25) is 5.32 Å². The number of nitrogens with one attached hydrogen (secondary N) is 1. The van der Waals surface area contributed by atoms with Crippen molar-refractivity contribution >= 4 is 5.97 Å². The third-order valence-electron chi connectivity index (χ3n) is 4.02. The fourth-order valence-corrected chi connectivity index (χ4v) is 2.79. The molecule has 2 atom stereocenters. The lowest BCUT2D eigenvalue weighted by Gasteiger charge is -2.32. The van der Waals surface area contributed by atoms with Gasteiger partial charge in [-0.25, -0.2) is 4.79 Å². The molecular formula is C14H25NO4. The van der Waals surface area contributed by atoms with Gasteiger partial charge in [-0.2, -0.15) is 0 Å². The van der Waals surface area contributed by atoms with Gasteiger partial charge in [0.1, 0.15) is 5.54 Å². The molecule has 0 spiro atoms. The van der Waals surface area contributed by atoms with Crippen LogP contribution >= 0.6 is 0 Å². The van der Waals surface area contributed by atoms with E-state index in [4.69, 9.17) is 14.2 Å². The Morgan fingerprint density at radius 1 is 1.42 bits per heavy atom. The standard InChI is InChI=1S/C14H25NO4/c1-3-15-14(12-4-5-12,13(16)17-2)10-19-9-11-6-7-18-8-11/h11-12,15H,3-10H2,1-2H3. The van der Waals surface area contributed by atoms with Crippen LogP contribution in [0.5, 0.6) is 0 Å². The zero-order valence-electron chi connectivity index (χ0n) is 11.9. The van der Waals surface area contributed by atoms with Gasteiger partial charge in [-0.15, -0.1) is 0 Å². The molecule has 1 N–H and O–H groups in total. The van der Waals surface area contributed by atoms with Crippen molar-refractivity contribution in [2.45, 2.75) is 31.7 Å². The van der Waals surface area contributed by atoms with E-state index in [1.165, 1.54) is 7.11 Å². The predicted octanol–water partition coefficient (Wildman–Crippen LogP) is 0.971. The molecule has 0 amide bonds. The van der Waals surface area contributed by atoms with E-state index in [1.807, 2.05) is 6.92 Å². The summed E-state index contributed by atoms with van der Waals surface area (Å²) in [7, 11) is 1.45. The summed E-state index contributed by atoms with van der Waals surface area (Å²) in [6, 6.07) is 0. The smallest absolute Gasteiger partial charge is 0.328 e. The maximum Gasteiger partial charge on any atom is 0.328 e. The first-order valence-corrected chi connectivity index (χ1v) is 7.22. The van der Waals surface area contributed by atoms with Gasteiger partial charge in [-0.05, 0) is 31.7 Å². The molecule has 1 saturated carbocycles. The molecule has 2 rings (SSSR count). The Kier molecular flexibility index (Phi) is 5.19. The molecule has 2 aliphatic rings. The Labute approximate surface area is 115 Å². The van der Waals surface area contributed by atoms with Crippen molar-refractivity contribution in [2.24, 2.45) is 11.8 Å². The first-order valence-electron chi connectivity index (χ1n) is 7.22. The van der Waals surface area contributed by atoms with Crippen LogP contribution in [-0.2, 0) is 19.0 Å². The van der Waals surface area contributed by atoms with E-state index in [0.717, 1.165) is 39.0 Å². The summed E-state index contributed by atoms with van der Waals surface area (Å²) >= 11 is 0. The number of rotatable bonds is 8. The summed E-state index contributed by atoms with van der Waals surface area (Å²) in [5.74, 6) is 0.621. The van der Waals surface area contributed by atoms with Crippen molar-refractivity contribution in [3.05, 3.63) is 0 Å². The van der Waals surface area contributed by atoms with Crippen LogP contribution in [-0.4, -0.2) is 51.6 Å². The van der Waals surface area contributed by atoms with Crippen LogP contribution in [0.2, 0.25) is 0 Å². The molecule has 19 heavy (non-hydrogen) atoms. The quantitative estimate of drug-likeness (QED) is 0.667. The van der Waals surface area contributed by atoms with Crippen LogP contribution in [0.3, 0.4) is 0 Å². The van der Waals surface area contributed by atoms with Gasteiger partial charge < -0.3 is 14.2 Å². The lowest BCUT2D eigenvalue weighted by Crippen LogP contribution is -2.58. The predicted molar refractivity (Wildman–Crippen MR) is 70.9 cm³/mol. The van der Waals surface area contributed by atoms with Crippen molar-refractivity contribution in [3.63, 3.8) is 0 Å². The average Bonchev–Trinajstić information content (AvgIpc) is 3.15. The van der Waals surface area contributed by atoms with E-state index in [0.29, 0.717) is 25.0 Å². The van der Waals surface area contributed by atoms with E-state index in [-0.39, 0.29) is 5.97 Å². The van der Waals surface area contributed by atoms with Gasteiger partial charge in [0, 0.05) is 12.5 Å². The Bertz CT molecular complexity index is 300. The zero-order valence-corrected chi connectivity index (χ0v) is 11.9. The van der Waals surface area contributed by atoms with Gasteiger partial charge in [0.25, 0.3) is 0 Å². The number of carbonyl (C=O) groups is 1. The fraction of sp³-hybridized carbons (Fsp3) is 0.929. The van der Waals surface area contributed by atoms with Crippen LogP contribution in [0, 0.1) is 11.8 Å². The number of likely N-dealkylation sites (N-methyl/N-ethyl adjacent to an activating group) is 1. The van der Waals surface area contributed by atoms with Crippen LogP contribution in [0.15, 0.2) is 0 Å². The summed E-state index contributed by atoms with van der Waals surface area (Å²) in [4.78, 5) is 12.1. The molecule has 1 aliphatic heterocycles. The highest BCUT2D eigenvalue weighted by Gasteiger charge is 2.51. The Balaban J connectivity index is 1.90. The number of methoxy groups -OCH3 is 1. The molecule has 1 heterocycles. The number of hydrogen-bond donors (Lipinski definition) is 1. The van der Waals surface area contributed by atoms with Gasteiger partial charge in [0.2, 0.25) is 0 Å². The first kappa shape index (κ1) is 14.8. The minimum Gasteiger partial charge on any atom is -0.468 e. The van der Waals surface area contributed by atoms with E-state index < -0.39 is 5.54 Å². The molecule has 110 valence electrons. The minimum absolute atomic E-state index is 0.195. The number of carbonyl (C=O) groups excluding carboxylic acids is 1.